The van der Waals surface area contributed by atoms with E-state index in [0.717, 1.165) is 12.8 Å². The van der Waals surface area contributed by atoms with E-state index in [4.69, 9.17) is 0 Å². The SMILES string of the molecule is Cc1ccc(Br)cc1S(=O)(=O)NC(=O)CCS(=O)(=O)C1CCCC1. The molecule has 0 radical (unpaired) electrons. The van der Waals surface area contributed by atoms with Gasteiger partial charge in [-0.05, 0) is 37.5 Å². The van der Waals surface area contributed by atoms with Crippen LogP contribution >= 0.6 is 15.9 Å². The number of hydrogen-bond donors (Lipinski definition) is 1. The quantitative estimate of drug-likeness (QED) is 0.735. The van der Waals surface area contributed by atoms with Crippen LogP contribution in [-0.2, 0) is 24.7 Å². The maximum Gasteiger partial charge on any atom is 0.264 e. The van der Waals surface area contributed by atoms with Gasteiger partial charge in [0.15, 0.2) is 9.84 Å². The smallest absolute Gasteiger partial charge is 0.264 e. The average molecular weight is 438 g/mol. The predicted octanol–water partition coefficient (Wildman–Crippen LogP) is 2.31. The molecule has 1 amide bonds. The minimum Gasteiger partial charge on any atom is -0.274 e. The zero-order chi connectivity index (χ0) is 18.0. The number of halogens is 1. The molecular formula is C15H20BrNO5S2. The second-order valence-electron chi connectivity index (χ2n) is 5.96. The Labute approximate surface area is 151 Å². The maximum absolute atomic E-state index is 12.3. The Morgan fingerprint density at radius 1 is 1.21 bits per heavy atom. The van der Waals surface area contributed by atoms with Crippen LogP contribution in [0, 0.1) is 6.92 Å². The van der Waals surface area contributed by atoms with E-state index in [9.17, 15) is 21.6 Å². The van der Waals surface area contributed by atoms with Crippen molar-refractivity contribution in [1.29, 1.82) is 0 Å². The normalized spacial score (nSPS) is 16.2. The fourth-order valence-corrected chi connectivity index (χ4v) is 6.42. The molecular weight excluding hydrogens is 418 g/mol. The first kappa shape index (κ1) is 19.4. The largest absolute Gasteiger partial charge is 0.274 e. The third kappa shape index (κ3) is 4.80. The summed E-state index contributed by atoms with van der Waals surface area (Å²) in [5.41, 5.74) is 0.497. The summed E-state index contributed by atoms with van der Waals surface area (Å²) in [6.07, 6.45) is 2.66. The Morgan fingerprint density at radius 2 is 1.83 bits per heavy atom. The highest BCUT2D eigenvalue weighted by molar-refractivity contribution is 9.10. The lowest BCUT2D eigenvalue weighted by Crippen LogP contribution is -2.33. The number of aryl methyl sites for hydroxylation is 1. The molecule has 6 nitrogen and oxygen atoms in total. The Kier molecular flexibility index (Phi) is 6.09. The molecule has 1 aromatic rings. The summed E-state index contributed by atoms with van der Waals surface area (Å²) in [4.78, 5) is 11.9. The van der Waals surface area contributed by atoms with Crippen LogP contribution in [0.5, 0.6) is 0 Å². The third-order valence-electron chi connectivity index (χ3n) is 4.11. The summed E-state index contributed by atoms with van der Waals surface area (Å²) in [6, 6.07) is 4.72. The van der Waals surface area contributed by atoms with Gasteiger partial charge < -0.3 is 0 Å². The van der Waals surface area contributed by atoms with E-state index in [2.05, 4.69) is 15.9 Å². The molecule has 1 N–H and O–H groups in total. The van der Waals surface area contributed by atoms with Gasteiger partial charge in [0.1, 0.15) is 0 Å². The Balaban J connectivity index is 2.02. The topological polar surface area (TPSA) is 97.4 Å². The van der Waals surface area contributed by atoms with Gasteiger partial charge in [-0.2, -0.15) is 0 Å². The van der Waals surface area contributed by atoms with Gasteiger partial charge >= 0.3 is 0 Å². The first-order valence-corrected chi connectivity index (χ1v) is 11.6. The second kappa shape index (κ2) is 7.53. The van der Waals surface area contributed by atoms with E-state index >= 15 is 0 Å². The summed E-state index contributed by atoms with van der Waals surface area (Å²) >= 11 is 3.19. The number of carbonyl (C=O) groups excluding carboxylic acids is 1. The summed E-state index contributed by atoms with van der Waals surface area (Å²) in [5, 5.41) is -0.394. The number of carbonyl (C=O) groups is 1. The van der Waals surface area contributed by atoms with E-state index in [1.165, 1.54) is 6.07 Å². The van der Waals surface area contributed by atoms with Crippen LogP contribution in [0.1, 0.15) is 37.7 Å². The van der Waals surface area contributed by atoms with Crippen molar-refractivity contribution >= 4 is 41.7 Å². The number of amides is 1. The van der Waals surface area contributed by atoms with Crippen molar-refractivity contribution in [3.8, 4) is 0 Å². The van der Waals surface area contributed by atoms with Gasteiger partial charge in [-0.3, -0.25) is 4.79 Å². The molecule has 0 aliphatic heterocycles. The van der Waals surface area contributed by atoms with Gasteiger partial charge in [0.05, 0.1) is 15.9 Å². The third-order valence-corrected chi connectivity index (χ3v) is 8.38. The highest BCUT2D eigenvalue weighted by Crippen LogP contribution is 2.25. The molecule has 1 aliphatic carbocycles. The molecule has 1 fully saturated rings. The van der Waals surface area contributed by atoms with Crippen LogP contribution in [0.15, 0.2) is 27.6 Å². The van der Waals surface area contributed by atoms with Gasteiger partial charge in [0.25, 0.3) is 10.0 Å². The van der Waals surface area contributed by atoms with E-state index in [0.29, 0.717) is 22.9 Å². The van der Waals surface area contributed by atoms with Gasteiger partial charge in [0, 0.05) is 10.9 Å². The minimum atomic E-state index is -4.02. The number of rotatable bonds is 6. The highest BCUT2D eigenvalue weighted by Gasteiger charge is 2.29. The fourth-order valence-electron chi connectivity index (χ4n) is 2.77. The van der Waals surface area contributed by atoms with Crippen LogP contribution in [0.4, 0.5) is 0 Å². The number of sulfonamides is 1. The minimum absolute atomic E-state index is 0.0103. The number of benzene rings is 1. The lowest BCUT2D eigenvalue weighted by Gasteiger charge is -2.12. The Hall–Kier alpha value is -0.930. The van der Waals surface area contributed by atoms with Crippen molar-refractivity contribution in [3.05, 3.63) is 28.2 Å². The molecule has 0 atom stereocenters. The van der Waals surface area contributed by atoms with E-state index in [1.807, 2.05) is 4.72 Å². The zero-order valence-electron chi connectivity index (χ0n) is 13.3. The Morgan fingerprint density at radius 3 is 2.46 bits per heavy atom. The van der Waals surface area contributed by atoms with Crippen LogP contribution in [-0.4, -0.2) is 33.7 Å². The van der Waals surface area contributed by atoms with Gasteiger partial charge in [-0.15, -0.1) is 0 Å². The molecule has 0 bridgehead atoms. The lowest BCUT2D eigenvalue weighted by molar-refractivity contribution is -0.118. The van der Waals surface area contributed by atoms with Crippen LogP contribution in [0.2, 0.25) is 0 Å². The zero-order valence-corrected chi connectivity index (χ0v) is 16.5. The van der Waals surface area contributed by atoms with Crippen LogP contribution in [0.3, 0.4) is 0 Å². The van der Waals surface area contributed by atoms with Crippen LogP contribution < -0.4 is 4.72 Å². The molecule has 0 heterocycles. The molecule has 0 spiro atoms. The molecule has 1 aliphatic rings. The summed E-state index contributed by atoms with van der Waals surface area (Å²) in [5.74, 6) is -1.13. The fraction of sp³-hybridized carbons (Fsp3) is 0.533. The van der Waals surface area contributed by atoms with Crippen molar-refractivity contribution in [2.45, 2.75) is 49.2 Å². The first-order valence-electron chi connectivity index (χ1n) is 7.65. The standard InChI is InChI=1S/C15H20BrNO5S2/c1-11-6-7-12(16)10-14(11)24(21,22)17-15(18)8-9-23(19,20)13-4-2-3-5-13/h6-7,10,13H,2-5,8-9H2,1H3,(H,17,18). The van der Waals surface area contributed by atoms with E-state index in [1.54, 1.807) is 19.1 Å². The van der Waals surface area contributed by atoms with Crippen LogP contribution in [0.25, 0.3) is 0 Å². The first-order chi connectivity index (χ1) is 11.1. The summed E-state index contributed by atoms with van der Waals surface area (Å²) in [7, 11) is -7.38. The monoisotopic (exact) mass is 437 g/mol. The summed E-state index contributed by atoms with van der Waals surface area (Å²) < 4.78 is 51.4. The molecule has 1 aromatic carbocycles. The van der Waals surface area contributed by atoms with Crippen molar-refractivity contribution < 1.29 is 21.6 Å². The van der Waals surface area contributed by atoms with E-state index < -0.39 is 31.0 Å². The van der Waals surface area contributed by atoms with Gasteiger partial charge in [-0.25, -0.2) is 21.6 Å². The lowest BCUT2D eigenvalue weighted by atomic mass is 10.2. The van der Waals surface area contributed by atoms with E-state index in [-0.39, 0.29) is 17.1 Å². The van der Waals surface area contributed by atoms with Crippen molar-refractivity contribution in [2.75, 3.05) is 5.75 Å². The maximum atomic E-state index is 12.3. The van der Waals surface area contributed by atoms with Crippen molar-refractivity contribution in [2.24, 2.45) is 0 Å². The number of hydrogen-bond acceptors (Lipinski definition) is 5. The van der Waals surface area contributed by atoms with Gasteiger partial charge in [0.2, 0.25) is 5.91 Å². The molecule has 1 saturated carbocycles. The summed E-state index contributed by atoms with van der Waals surface area (Å²) in [6.45, 7) is 1.62. The molecule has 0 saturated heterocycles. The average Bonchev–Trinajstić information content (AvgIpc) is 3.02. The molecule has 9 heteroatoms. The molecule has 134 valence electrons. The van der Waals surface area contributed by atoms with Gasteiger partial charge in [-0.1, -0.05) is 34.8 Å². The molecule has 0 unspecified atom stereocenters. The van der Waals surface area contributed by atoms with Crippen molar-refractivity contribution in [3.63, 3.8) is 0 Å². The second-order valence-corrected chi connectivity index (χ2v) is 10.9. The highest BCUT2D eigenvalue weighted by atomic mass is 79.9. The Bertz CT molecular complexity index is 827. The number of nitrogens with one attached hydrogen (secondary N) is 1. The molecule has 2 rings (SSSR count). The predicted molar refractivity (Wildman–Crippen MR) is 94.9 cm³/mol. The molecule has 24 heavy (non-hydrogen) atoms. The van der Waals surface area contributed by atoms with Crippen molar-refractivity contribution in [1.82, 2.24) is 4.72 Å². The number of sulfone groups is 1. The molecule has 0 aromatic heterocycles.